The summed E-state index contributed by atoms with van der Waals surface area (Å²) in [5, 5.41) is 0. The van der Waals surface area contributed by atoms with Gasteiger partial charge in [0.2, 0.25) is 0 Å². The Morgan fingerprint density at radius 3 is 2.82 bits per heavy atom. The van der Waals surface area contributed by atoms with Crippen molar-refractivity contribution >= 4 is 22.6 Å². The zero-order chi connectivity index (χ0) is 12.1. The van der Waals surface area contributed by atoms with Gasteiger partial charge in [-0.25, -0.2) is 0 Å². The smallest absolute Gasteiger partial charge is 0.0702 e. The Morgan fingerprint density at radius 2 is 2.12 bits per heavy atom. The van der Waals surface area contributed by atoms with Gasteiger partial charge in [0.25, 0.3) is 0 Å². The molecular formula is C14H20INO. The van der Waals surface area contributed by atoms with Gasteiger partial charge in [-0.1, -0.05) is 12.1 Å². The first-order valence-corrected chi connectivity index (χ1v) is 7.44. The minimum absolute atomic E-state index is 0.442. The van der Waals surface area contributed by atoms with Crippen molar-refractivity contribution in [1.29, 1.82) is 0 Å². The maximum Gasteiger partial charge on any atom is 0.0702 e. The molecule has 2 nitrogen and oxygen atoms in total. The van der Waals surface area contributed by atoms with Gasteiger partial charge in [-0.2, -0.15) is 0 Å². The molecule has 17 heavy (non-hydrogen) atoms. The number of likely N-dealkylation sites (tertiary alicyclic amines) is 1. The predicted molar refractivity (Wildman–Crippen MR) is 79.1 cm³/mol. The van der Waals surface area contributed by atoms with Crippen LogP contribution in [0.1, 0.15) is 25.3 Å². The van der Waals surface area contributed by atoms with Gasteiger partial charge >= 0.3 is 0 Å². The number of hydrogen-bond acceptors (Lipinski definition) is 2. The monoisotopic (exact) mass is 345 g/mol. The third-order valence-corrected chi connectivity index (χ3v) is 3.90. The number of ether oxygens (including phenoxy) is 1. The Bertz CT molecular complexity index is 337. The number of halogens is 1. The predicted octanol–water partition coefficient (Wildman–Crippen LogP) is 3.29. The molecule has 0 saturated carbocycles. The molecule has 1 atom stereocenters. The lowest BCUT2D eigenvalue weighted by molar-refractivity contribution is 0.00363. The van der Waals surface area contributed by atoms with E-state index in [-0.39, 0.29) is 0 Å². The summed E-state index contributed by atoms with van der Waals surface area (Å²) in [6, 6.07) is 8.82. The van der Waals surface area contributed by atoms with Crippen LogP contribution in [0, 0.1) is 3.57 Å². The summed E-state index contributed by atoms with van der Waals surface area (Å²) in [6.07, 6.45) is 2.92. The second-order valence-corrected chi connectivity index (χ2v) is 5.83. The van der Waals surface area contributed by atoms with Crippen LogP contribution in [-0.4, -0.2) is 30.7 Å². The minimum atomic E-state index is 0.442. The van der Waals surface area contributed by atoms with Crippen molar-refractivity contribution in [3.8, 4) is 0 Å². The second-order valence-electron chi connectivity index (χ2n) is 4.58. The maximum absolute atomic E-state index is 5.73. The van der Waals surface area contributed by atoms with Crippen LogP contribution in [0.25, 0.3) is 0 Å². The van der Waals surface area contributed by atoms with E-state index in [1.165, 1.54) is 28.5 Å². The summed E-state index contributed by atoms with van der Waals surface area (Å²) in [5.74, 6) is 0. The molecule has 0 spiro atoms. The number of piperidine rings is 1. The zero-order valence-electron chi connectivity index (χ0n) is 10.4. The summed E-state index contributed by atoms with van der Waals surface area (Å²) >= 11 is 2.35. The van der Waals surface area contributed by atoms with Crippen LogP contribution < -0.4 is 0 Å². The van der Waals surface area contributed by atoms with Gasteiger partial charge in [0.1, 0.15) is 0 Å². The lowest BCUT2D eigenvalue weighted by Gasteiger charge is -2.32. The lowest BCUT2D eigenvalue weighted by Crippen LogP contribution is -2.39. The van der Waals surface area contributed by atoms with Crippen molar-refractivity contribution in [2.24, 2.45) is 0 Å². The SMILES string of the molecule is CCOC1CCCN(Cc2ccc(I)cc2)C1. The first-order chi connectivity index (χ1) is 8.28. The molecule has 1 fully saturated rings. The fourth-order valence-corrected chi connectivity index (χ4v) is 2.74. The molecule has 0 N–H and O–H groups in total. The quantitative estimate of drug-likeness (QED) is 0.777. The van der Waals surface area contributed by atoms with E-state index in [1.807, 2.05) is 0 Å². The van der Waals surface area contributed by atoms with Crippen molar-refractivity contribution in [2.75, 3.05) is 19.7 Å². The number of nitrogens with zero attached hydrogens (tertiary/aromatic N) is 1. The van der Waals surface area contributed by atoms with E-state index in [4.69, 9.17) is 4.74 Å². The van der Waals surface area contributed by atoms with Gasteiger partial charge in [-0.05, 0) is 66.6 Å². The molecule has 0 aromatic heterocycles. The third kappa shape index (κ3) is 4.23. The molecule has 1 unspecified atom stereocenters. The van der Waals surface area contributed by atoms with Crippen molar-refractivity contribution < 1.29 is 4.74 Å². The van der Waals surface area contributed by atoms with E-state index in [9.17, 15) is 0 Å². The molecule has 3 heteroatoms. The molecule has 0 amide bonds. The van der Waals surface area contributed by atoms with Gasteiger partial charge in [0.15, 0.2) is 0 Å². The highest BCUT2D eigenvalue weighted by Gasteiger charge is 2.19. The number of benzene rings is 1. The third-order valence-electron chi connectivity index (χ3n) is 3.18. The maximum atomic E-state index is 5.73. The summed E-state index contributed by atoms with van der Waals surface area (Å²) in [5.41, 5.74) is 1.41. The highest BCUT2D eigenvalue weighted by molar-refractivity contribution is 14.1. The first kappa shape index (κ1) is 13.3. The molecule has 1 aliphatic heterocycles. The molecule has 1 aromatic rings. The summed E-state index contributed by atoms with van der Waals surface area (Å²) in [4.78, 5) is 2.51. The summed E-state index contributed by atoms with van der Waals surface area (Å²) in [7, 11) is 0. The van der Waals surface area contributed by atoms with Crippen LogP contribution >= 0.6 is 22.6 Å². The largest absolute Gasteiger partial charge is 0.377 e. The topological polar surface area (TPSA) is 12.5 Å². The molecule has 0 aliphatic carbocycles. The van der Waals surface area contributed by atoms with Crippen LogP contribution in [0.15, 0.2) is 24.3 Å². The lowest BCUT2D eigenvalue weighted by atomic mass is 10.1. The Kier molecular flexibility index (Phi) is 5.25. The normalized spacial score (nSPS) is 21.6. The number of hydrogen-bond donors (Lipinski definition) is 0. The van der Waals surface area contributed by atoms with Crippen molar-refractivity contribution in [1.82, 2.24) is 4.90 Å². The van der Waals surface area contributed by atoms with Gasteiger partial charge in [0.05, 0.1) is 6.10 Å². The molecular weight excluding hydrogens is 325 g/mol. The van der Waals surface area contributed by atoms with Crippen molar-refractivity contribution in [3.63, 3.8) is 0 Å². The van der Waals surface area contributed by atoms with Crippen LogP contribution in [0.5, 0.6) is 0 Å². The molecule has 2 rings (SSSR count). The van der Waals surface area contributed by atoms with Crippen LogP contribution in [0.2, 0.25) is 0 Å². The van der Waals surface area contributed by atoms with Crippen LogP contribution in [0.3, 0.4) is 0 Å². The molecule has 1 heterocycles. The van der Waals surface area contributed by atoms with E-state index in [0.717, 1.165) is 19.7 Å². The summed E-state index contributed by atoms with van der Waals surface area (Å²) < 4.78 is 7.03. The van der Waals surface area contributed by atoms with E-state index in [0.29, 0.717) is 6.10 Å². The fraction of sp³-hybridized carbons (Fsp3) is 0.571. The average molecular weight is 345 g/mol. The highest BCUT2D eigenvalue weighted by atomic mass is 127. The Labute approximate surface area is 117 Å². The van der Waals surface area contributed by atoms with Gasteiger partial charge < -0.3 is 4.74 Å². The molecule has 94 valence electrons. The standard InChI is InChI=1S/C14H20INO/c1-2-17-14-4-3-9-16(11-14)10-12-5-7-13(15)8-6-12/h5-8,14H,2-4,9-11H2,1H3. The summed E-state index contributed by atoms with van der Waals surface area (Å²) in [6.45, 7) is 6.26. The fourth-order valence-electron chi connectivity index (χ4n) is 2.38. The highest BCUT2D eigenvalue weighted by Crippen LogP contribution is 2.16. The van der Waals surface area contributed by atoms with Crippen molar-refractivity contribution in [3.05, 3.63) is 33.4 Å². The van der Waals surface area contributed by atoms with Crippen molar-refractivity contribution in [2.45, 2.75) is 32.4 Å². The first-order valence-electron chi connectivity index (χ1n) is 6.36. The van der Waals surface area contributed by atoms with E-state index in [1.54, 1.807) is 0 Å². The number of rotatable bonds is 4. The van der Waals surface area contributed by atoms with E-state index >= 15 is 0 Å². The molecule has 1 aromatic carbocycles. The zero-order valence-corrected chi connectivity index (χ0v) is 12.5. The molecule has 0 radical (unpaired) electrons. The molecule has 1 aliphatic rings. The average Bonchev–Trinajstić information content (AvgIpc) is 2.33. The molecule has 1 saturated heterocycles. The molecule has 0 bridgehead atoms. The van der Waals surface area contributed by atoms with E-state index in [2.05, 4.69) is 58.7 Å². The van der Waals surface area contributed by atoms with Gasteiger partial charge in [0, 0.05) is 23.3 Å². The van der Waals surface area contributed by atoms with Gasteiger partial charge in [-0.15, -0.1) is 0 Å². The van der Waals surface area contributed by atoms with Gasteiger partial charge in [-0.3, -0.25) is 4.90 Å². The Morgan fingerprint density at radius 1 is 1.35 bits per heavy atom. The van der Waals surface area contributed by atoms with E-state index < -0.39 is 0 Å². The van der Waals surface area contributed by atoms with Crippen LogP contribution in [-0.2, 0) is 11.3 Å². The van der Waals surface area contributed by atoms with Crippen LogP contribution in [0.4, 0.5) is 0 Å². The Balaban J connectivity index is 1.87. The second kappa shape index (κ2) is 6.71. The minimum Gasteiger partial charge on any atom is -0.377 e. The Hall–Kier alpha value is -0.130.